The number of amides is 1. The van der Waals surface area contributed by atoms with Crippen molar-refractivity contribution in [2.24, 2.45) is 0 Å². The fourth-order valence-corrected chi connectivity index (χ4v) is 2.10. The topological polar surface area (TPSA) is 32.3 Å². The van der Waals surface area contributed by atoms with Crippen molar-refractivity contribution in [3.8, 4) is 0 Å². The molecule has 0 radical (unpaired) electrons. The summed E-state index contributed by atoms with van der Waals surface area (Å²) in [4.78, 5) is 13.5. The summed E-state index contributed by atoms with van der Waals surface area (Å²) >= 11 is 5.74. The van der Waals surface area contributed by atoms with E-state index in [0.717, 1.165) is 0 Å². The molecule has 1 aliphatic rings. The van der Waals surface area contributed by atoms with Gasteiger partial charge in [-0.05, 0) is 24.3 Å². The van der Waals surface area contributed by atoms with Gasteiger partial charge in [0.25, 0.3) is 5.92 Å². The molecule has 0 aromatic heterocycles. The highest BCUT2D eigenvalue weighted by Crippen LogP contribution is 2.27. The lowest BCUT2D eigenvalue weighted by Crippen LogP contribution is -2.42. The molecule has 1 fully saturated rings. The Morgan fingerprint density at radius 3 is 2.42 bits per heavy atom. The van der Waals surface area contributed by atoms with E-state index in [9.17, 15) is 13.6 Å². The SMILES string of the molecule is O=C(CN1CCC(F)(F)CC1)Nc1ccc(Cl)cc1. The summed E-state index contributed by atoms with van der Waals surface area (Å²) in [6.07, 6.45) is -0.359. The summed E-state index contributed by atoms with van der Waals surface area (Å²) in [5.74, 6) is -2.78. The molecule has 1 amide bonds. The standard InChI is InChI=1S/C13H15ClF2N2O/c14-10-1-3-11(4-2-10)17-12(19)9-18-7-5-13(15,16)6-8-18/h1-4H,5-9H2,(H,17,19). The van der Waals surface area contributed by atoms with E-state index < -0.39 is 5.92 Å². The fourth-order valence-electron chi connectivity index (χ4n) is 1.98. The van der Waals surface area contributed by atoms with Gasteiger partial charge in [0.05, 0.1) is 6.54 Å². The number of hydrogen-bond donors (Lipinski definition) is 1. The molecule has 0 saturated carbocycles. The van der Waals surface area contributed by atoms with Crippen molar-refractivity contribution in [2.75, 3.05) is 25.0 Å². The van der Waals surface area contributed by atoms with Crippen molar-refractivity contribution in [3.05, 3.63) is 29.3 Å². The van der Waals surface area contributed by atoms with E-state index in [4.69, 9.17) is 11.6 Å². The molecule has 1 N–H and O–H groups in total. The quantitative estimate of drug-likeness (QED) is 0.927. The molecule has 6 heteroatoms. The van der Waals surface area contributed by atoms with E-state index in [1.54, 1.807) is 29.2 Å². The smallest absolute Gasteiger partial charge is 0.250 e. The van der Waals surface area contributed by atoms with Crippen LogP contribution in [0.2, 0.25) is 5.02 Å². The number of nitrogens with zero attached hydrogens (tertiary/aromatic N) is 1. The van der Waals surface area contributed by atoms with Gasteiger partial charge in [0.15, 0.2) is 0 Å². The van der Waals surface area contributed by atoms with Gasteiger partial charge in [-0.2, -0.15) is 0 Å². The van der Waals surface area contributed by atoms with Gasteiger partial charge in [-0.15, -0.1) is 0 Å². The van der Waals surface area contributed by atoms with E-state index in [1.807, 2.05) is 0 Å². The number of anilines is 1. The number of carbonyl (C=O) groups is 1. The van der Waals surface area contributed by atoms with Gasteiger partial charge in [0, 0.05) is 36.6 Å². The highest BCUT2D eigenvalue weighted by atomic mass is 35.5. The monoisotopic (exact) mass is 288 g/mol. The predicted molar refractivity (Wildman–Crippen MR) is 70.7 cm³/mol. The van der Waals surface area contributed by atoms with Crippen LogP contribution < -0.4 is 5.32 Å². The lowest BCUT2D eigenvalue weighted by Gasteiger charge is -2.31. The maximum atomic E-state index is 13.0. The van der Waals surface area contributed by atoms with Gasteiger partial charge in [0.1, 0.15) is 0 Å². The van der Waals surface area contributed by atoms with Crippen LogP contribution in [-0.2, 0) is 4.79 Å². The third-order valence-corrected chi connectivity index (χ3v) is 3.33. The first-order valence-corrected chi connectivity index (χ1v) is 6.48. The van der Waals surface area contributed by atoms with Crippen LogP contribution in [-0.4, -0.2) is 36.4 Å². The Labute approximate surface area is 115 Å². The summed E-state index contributed by atoms with van der Waals surface area (Å²) in [7, 11) is 0. The molecule has 19 heavy (non-hydrogen) atoms. The van der Waals surface area contributed by atoms with Crippen molar-refractivity contribution in [1.29, 1.82) is 0 Å². The second-order valence-corrected chi connectivity index (χ2v) is 5.12. The molecule has 0 spiro atoms. The number of benzene rings is 1. The van der Waals surface area contributed by atoms with E-state index in [1.165, 1.54) is 0 Å². The Morgan fingerprint density at radius 1 is 1.26 bits per heavy atom. The number of carbonyl (C=O) groups excluding carboxylic acids is 1. The van der Waals surface area contributed by atoms with Gasteiger partial charge in [-0.3, -0.25) is 9.69 Å². The minimum absolute atomic E-state index is 0.138. The maximum absolute atomic E-state index is 13.0. The van der Waals surface area contributed by atoms with Crippen molar-refractivity contribution >= 4 is 23.2 Å². The zero-order valence-electron chi connectivity index (χ0n) is 10.3. The first kappa shape index (κ1) is 14.2. The van der Waals surface area contributed by atoms with Crippen LogP contribution in [0.15, 0.2) is 24.3 Å². The van der Waals surface area contributed by atoms with E-state index in [0.29, 0.717) is 10.7 Å². The summed E-state index contributed by atoms with van der Waals surface area (Å²) in [6, 6.07) is 6.76. The van der Waals surface area contributed by atoms with Crippen molar-refractivity contribution in [3.63, 3.8) is 0 Å². The summed E-state index contributed by atoms with van der Waals surface area (Å²) in [5, 5.41) is 3.30. The van der Waals surface area contributed by atoms with Gasteiger partial charge >= 0.3 is 0 Å². The van der Waals surface area contributed by atoms with Crippen molar-refractivity contribution in [2.45, 2.75) is 18.8 Å². The highest BCUT2D eigenvalue weighted by Gasteiger charge is 2.34. The molecule has 0 unspecified atom stereocenters. The highest BCUT2D eigenvalue weighted by molar-refractivity contribution is 6.30. The first-order valence-electron chi connectivity index (χ1n) is 6.10. The van der Waals surface area contributed by atoms with E-state index in [2.05, 4.69) is 5.32 Å². The second kappa shape index (κ2) is 5.84. The first-order chi connectivity index (χ1) is 8.94. The minimum Gasteiger partial charge on any atom is -0.325 e. The average molecular weight is 289 g/mol. The molecule has 0 bridgehead atoms. The zero-order valence-corrected chi connectivity index (χ0v) is 11.1. The molecule has 1 aromatic rings. The number of hydrogen-bond acceptors (Lipinski definition) is 2. The minimum atomic E-state index is -2.58. The van der Waals surface area contributed by atoms with E-state index >= 15 is 0 Å². The van der Waals surface area contributed by atoms with Crippen LogP contribution in [0.25, 0.3) is 0 Å². The normalized spacial score (nSPS) is 19.1. The van der Waals surface area contributed by atoms with E-state index in [-0.39, 0.29) is 38.4 Å². The fraction of sp³-hybridized carbons (Fsp3) is 0.462. The molecule has 1 saturated heterocycles. The molecule has 0 aliphatic carbocycles. The number of rotatable bonds is 3. The Balaban J connectivity index is 1.80. The van der Waals surface area contributed by atoms with Crippen molar-refractivity contribution in [1.82, 2.24) is 4.90 Å². The average Bonchev–Trinajstić information content (AvgIpc) is 2.35. The lowest BCUT2D eigenvalue weighted by molar-refractivity contribution is -0.119. The molecule has 0 atom stereocenters. The maximum Gasteiger partial charge on any atom is 0.250 e. The largest absolute Gasteiger partial charge is 0.325 e. The Morgan fingerprint density at radius 2 is 1.84 bits per heavy atom. The van der Waals surface area contributed by atoms with Crippen LogP contribution in [0, 0.1) is 0 Å². The van der Waals surface area contributed by atoms with Crippen LogP contribution in [0.5, 0.6) is 0 Å². The molecule has 3 nitrogen and oxygen atoms in total. The summed E-state index contributed by atoms with van der Waals surface area (Å²) < 4.78 is 25.9. The predicted octanol–water partition coefficient (Wildman–Crippen LogP) is 3.01. The Bertz CT molecular complexity index is 440. The molecule has 104 valence electrons. The molecule has 2 rings (SSSR count). The van der Waals surface area contributed by atoms with Gasteiger partial charge in [-0.1, -0.05) is 11.6 Å². The molecular weight excluding hydrogens is 274 g/mol. The summed E-state index contributed by atoms with van der Waals surface area (Å²) in [5.41, 5.74) is 0.650. The number of halogens is 3. The molecule has 1 aliphatic heterocycles. The molecular formula is C13H15ClF2N2O. The van der Waals surface area contributed by atoms with Crippen LogP contribution in [0.4, 0.5) is 14.5 Å². The molecule has 1 aromatic carbocycles. The Hall–Kier alpha value is -1.20. The lowest BCUT2D eigenvalue weighted by atomic mass is 10.1. The van der Waals surface area contributed by atoms with Gasteiger partial charge in [0.2, 0.25) is 5.91 Å². The zero-order chi connectivity index (χ0) is 13.9. The number of nitrogens with one attached hydrogen (secondary N) is 1. The second-order valence-electron chi connectivity index (χ2n) is 4.69. The third kappa shape index (κ3) is 4.44. The Kier molecular flexibility index (Phi) is 4.37. The molecule has 1 heterocycles. The third-order valence-electron chi connectivity index (χ3n) is 3.08. The van der Waals surface area contributed by atoms with Crippen molar-refractivity contribution < 1.29 is 13.6 Å². The van der Waals surface area contributed by atoms with Gasteiger partial charge < -0.3 is 5.32 Å². The van der Waals surface area contributed by atoms with Gasteiger partial charge in [-0.25, -0.2) is 8.78 Å². The van der Waals surface area contributed by atoms with Crippen LogP contribution in [0.3, 0.4) is 0 Å². The van der Waals surface area contributed by atoms with Crippen LogP contribution in [0.1, 0.15) is 12.8 Å². The van der Waals surface area contributed by atoms with Crippen LogP contribution >= 0.6 is 11.6 Å². The summed E-state index contributed by atoms with van der Waals surface area (Å²) in [6.45, 7) is 0.640. The number of likely N-dealkylation sites (tertiary alicyclic amines) is 1. The number of alkyl halides is 2. The number of piperidine rings is 1.